The standard InChI is InChI=1S/C21H29N9O3/c1-4-7-12-32-16-10-8-15(9-11-16)13-23-25-21(31)18-17(14-29(5-2)6-3)30(28-24-18)20-19(22)26-33-27-20/h8-11,13H,4-7,12,14H2,1-3H3,(H2,22,26)(H,25,31)/b23-13-. The third-order valence-electron chi connectivity index (χ3n) is 4.97. The fraction of sp³-hybridized carbons (Fsp3) is 0.429. The van der Waals surface area contributed by atoms with Gasteiger partial charge in [0.05, 0.1) is 18.5 Å². The number of aromatic nitrogens is 5. The Morgan fingerprint density at radius 2 is 2.00 bits per heavy atom. The number of hydrogen-bond acceptors (Lipinski definition) is 10. The quantitative estimate of drug-likeness (QED) is 0.237. The summed E-state index contributed by atoms with van der Waals surface area (Å²) in [5, 5.41) is 19.5. The van der Waals surface area contributed by atoms with Crippen molar-refractivity contribution in [1.29, 1.82) is 0 Å². The Morgan fingerprint density at radius 3 is 2.64 bits per heavy atom. The summed E-state index contributed by atoms with van der Waals surface area (Å²) in [5.74, 6) is 0.513. The molecule has 2 heterocycles. The van der Waals surface area contributed by atoms with E-state index in [1.165, 1.54) is 4.68 Å². The lowest BCUT2D eigenvalue weighted by Crippen LogP contribution is -2.27. The molecule has 3 aromatic rings. The van der Waals surface area contributed by atoms with Gasteiger partial charge in [-0.05, 0) is 59.7 Å². The molecule has 0 aliphatic carbocycles. The van der Waals surface area contributed by atoms with Crippen LogP contribution >= 0.6 is 0 Å². The summed E-state index contributed by atoms with van der Waals surface area (Å²) >= 11 is 0. The van der Waals surface area contributed by atoms with Crippen LogP contribution < -0.4 is 15.9 Å². The smallest absolute Gasteiger partial charge is 0.293 e. The first-order chi connectivity index (χ1) is 16.1. The average Bonchev–Trinajstić information content (AvgIpc) is 3.44. The minimum Gasteiger partial charge on any atom is -0.494 e. The van der Waals surface area contributed by atoms with Gasteiger partial charge in [0, 0.05) is 6.54 Å². The van der Waals surface area contributed by atoms with Gasteiger partial charge in [-0.1, -0.05) is 32.4 Å². The zero-order valence-electron chi connectivity index (χ0n) is 19.1. The van der Waals surface area contributed by atoms with Crippen molar-refractivity contribution >= 4 is 17.9 Å². The summed E-state index contributed by atoms with van der Waals surface area (Å²) in [6.07, 6.45) is 3.63. The number of nitrogens with zero attached hydrogens (tertiary/aromatic N) is 7. The molecule has 0 atom stereocenters. The van der Waals surface area contributed by atoms with E-state index in [4.69, 9.17) is 10.5 Å². The second-order valence-corrected chi connectivity index (χ2v) is 7.20. The number of nitrogens with one attached hydrogen (secondary N) is 1. The SMILES string of the molecule is CCCCOc1ccc(/C=N\NC(=O)c2nnn(-c3nonc3N)c2CN(CC)CC)cc1. The molecule has 0 saturated carbocycles. The van der Waals surface area contributed by atoms with Gasteiger partial charge in [-0.2, -0.15) is 9.78 Å². The number of carbonyl (C=O) groups is 1. The number of rotatable bonds is 12. The third-order valence-corrected chi connectivity index (χ3v) is 4.97. The highest BCUT2D eigenvalue weighted by atomic mass is 16.6. The van der Waals surface area contributed by atoms with Crippen LogP contribution in [-0.2, 0) is 6.54 Å². The Labute approximate surface area is 191 Å². The van der Waals surface area contributed by atoms with Gasteiger partial charge in [0.25, 0.3) is 5.91 Å². The Morgan fingerprint density at radius 1 is 1.24 bits per heavy atom. The molecule has 0 fully saturated rings. The Kier molecular flexibility index (Phi) is 8.47. The maximum atomic E-state index is 12.8. The van der Waals surface area contributed by atoms with Gasteiger partial charge >= 0.3 is 0 Å². The molecule has 0 unspecified atom stereocenters. The molecule has 3 N–H and O–H groups in total. The summed E-state index contributed by atoms with van der Waals surface area (Å²) in [7, 11) is 0. The first-order valence-corrected chi connectivity index (χ1v) is 10.9. The van der Waals surface area contributed by atoms with E-state index in [9.17, 15) is 4.79 Å². The highest BCUT2D eigenvalue weighted by Crippen LogP contribution is 2.17. The zero-order valence-corrected chi connectivity index (χ0v) is 19.1. The second-order valence-electron chi connectivity index (χ2n) is 7.20. The number of nitrogens with two attached hydrogens (primary N) is 1. The zero-order chi connectivity index (χ0) is 23.6. The molecular weight excluding hydrogens is 426 g/mol. The van der Waals surface area contributed by atoms with Crippen LogP contribution in [0.25, 0.3) is 5.82 Å². The summed E-state index contributed by atoms with van der Waals surface area (Å²) in [5.41, 5.74) is 9.74. The van der Waals surface area contributed by atoms with Crippen LogP contribution in [0, 0.1) is 0 Å². The van der Waals surface area contributed by atoms with Crippen molar-refractivity contribution in [3.8, 4) is 11.6 Å². The Bertz CT molecular complexity index is 1060. The lowest BCUT2D eigenvalue weighted by Gasteiger charge is -2.18. The number of anilines is 1. The van der Waals surface area contributed by atoms with Gasteiger partial charge in [-0.3, -0.25) is 9.69 Å². The van der Waals surface area contributed by atoms with Crippen molar-refractivity contribution < 1.29 is 14.2 Å². The second kappa shape index (κ2) is 11.7. The van der Waals surface area contributed by atoms with Crippen LogP contribution in [0.1, 0.15) is 55.4 Å². The van der Waals surface area contributed by atoms with E-state index in [-0.39, 0.29) is 17.3 Å². The monoisotopic (exact) mass is 455 g/mol. The van der Waals surface area contributed by atoms with Crippen LogP contribution in [0.4, 0.5) is 5.82 Å². The van der Waals surface area contributed by atoms with E-state index in [0.29, 0.717) is 18.8 Å². The minimum atomic E-state index is -0.505. The van der Waals surface area contributed by atoms with Gasteiger partial charge < -0.3 is 10.5 Å². The molecule has 0 radical (unpaired) electrons. The average molecular weight is 456 g/mol. The molecule has 0 bridgehead atoms. The first kappa shape index (κ1) is 23.9. The molecule has 33 heavy (non-hydrogen) atoms. The number of ether oxygens (including phenoxy) is 1. The molecule has 0 saturated heterocycles. The summed E-state index contributed by atoms with van der Waals surface area (Å²) in [6.45, 7) is 8.79. The van der Waals surface area contributed by atoms with Crippen molar-refractivity contribution in [1.82, 2.24) is 35.6 Å². The molecule has 0 spiro atoms. The molecule has 1 aromatic carbocycles. The lowest BCUT2D eigenvalue weighted by molar-refractivity contribution is 0.0948. The van der Waals surface area contributed by atoms with Crippen molar-refractivity contribution in [3.63, 3.8) is 0 Å². The van der Waals surface area contributed by atoms with Crippen molar-refractivity contribution in [3.05, 3.63) is 41.2 Å². The van der Waals surface area contributed by atoms with E-state index in [1.54, 1.807) is 6.21 Å². The van der Waals surface area contributed by atoms with E-state index in [2.05, 4.69) is 47.6 Å². The largest absolute Gasteiger partial charge is 0.494 e. The molecule has 176 valence electrons. The summed E-state index contributed by atoms with van der Waals surface area (Å²) in [4.78, 5) is 14.9. The lowest BCUT2D eigenvalue weighted by atomic mass is 10.2. The molecule has 12 nitrogen and oxygen atoms in total. The summed E-state index contributed by atoms with van der Waals surface area (Å²) in [6, 6.07) is 7.45. The fourth-order valence-corrected chi connectivity index (χ4v) is 2.99. The molecule has 3 rings (SSSR count). The van der Waals surface area contributed by atoms with Gasteiger partial charge in [0.2, 0.25) is 11.6 Å². The van der Waals surface area contributed by atoms with Gasteiger partial charge in [-0.15, -0.1) is 5.10 Å². The van der Waals surface area contributed by atoms with E-state index in [1.807, 2.05) is 38.1 Å². The van der Waals surface area contributed by atoms with Gasteiger partial charge in [-0.25, -0.2) is 10.1 Å². The van der Waals surface area contributed by atoms with Crippen LogP contribution in [0.2, 0.25) is 0 Å². The van der Waals surface area contributed by atoms with Crippen LogP contribution in [0.3, 0.4) is 0 Å². The normalized spacial score (nSPS) is 11.4. The van der Waals surface area contributed by atoms with Gasteiger partial charge in [0.1, 0.15) is 5.75 Å². The Balaban J connectivity index is 1.72. The van der Waals surface area contributed by atoms with Crippen LogP contribution in [0.15, 0.2) is 34.0 Å². The third kappa shape index (κ3) is 6.13. The maximum absolute atomic E-state index is 12.8. The number of carbonyl (C=O) groups excluding carboxylic acids is 1. The minimum absolute atomic E-state index is 0.0489. The van der Waals surface area contributed by atoms with E-state index >= 15 is 0 Å². The number of hydrazone groups is 1. The molecule has 0 aliphatic heterocycles. The van der Waals surface area contributed by atoms with E-state index in [0.717, 1.165) is 37.2 Å². The maximum Gasteiger partial charge on any atom is 0.293 e. The molecule has 12 heteroatoms. The number of nitrogen functional groups attached to an aromatic ring is 1. The van der Waals surface area contributed by atoms with Crippen molar-refractivity contribution in [2.24, 2.45) is 5.10 Å². The van der Waals surface area contributed by atoms with E-state index < -0.39 is 5.91 Å². The molecule has 1 amide bonds. The topological polar surface area (TPSA) is 150 Å². The number of benzene rings is 1. The van der Waals surface area contributed by atoms with Crippen LogP contribution in [-0.4, -0.2) is 62.0 Å². The number of hydrogen-bond donors (Lipinski definition) is 2. The highest BCUT2D eigenvalue weighted by molar-refractivity contribution is 5.94. The predicted octanol–water partition coefficient (Wildman–Crippen LogP) is 2.02. The molecular formula is C21H29N9O3. The number of unbranched alkanes of at least 4 members (excludes halogenated alkanes) is 1. The van der Waals surface area contributed by atoms with Gasteiger partial charge in [0.15, 0.2) is 5.69 Å². The van der Waals surface area contributed by atoms with Crippen molar-refractivity contribution in [2.75, 3.05) is 25.4 Å². The summed E-state index contributed by atoms with van der Waals surface area (Å²) < 4.78 is 11.7. The highest BCUT2D eigenvalue weighted by Gasteiger charge is 2.24. The molecule has 2 aromatic heterocycles. The fourth-order valence-electron chi connectivity index (χ4n) is 2.99. The Hall–Kier alpha value is -3.80. The first-order valence-electron chi connectivity index (χ1n) is 10.9. The van der Waals surface area contributed by atoms with Crippen LogP contribution in [0.5, 0.6) is 5.75 Å². The van der Waals surface area contributed by atoms with Crippen molar-refractivity contribution in [2.45, 2.75) is 40.2 Å². The number of amides is 1. The predicted molar refractivity (Wildman–Crippen MR) is 122 cm³/mol. The molecule has 0 aliphatic rings.